The Labute approximate surface area is 105 Å². The Balaban J connectivity index is 2.38. The highest BCUT2D eigenvalue weighted by Crippen LogP contribution is 2.60. The van der Waals surface area contributed by atoms with E-state index in [0.717, 1.165) is 25.7 Å². The second kappa shape index (κ2) is 4.10. The van der Waals surface area contributed by atoms with Crippen molar-refractivity contribution in [3.63, 3.8) is 0 Å². The first-order valence-electron chi connectivity index (χ1n) is 6.78. The molecule has 2 fully saturated rings. The van der Waals surface area contributed by atoms with Crippen LogP contribution in [-0.4, -0.2) is 22.9 Å². The van der Waals surface area contributed by atoms with Crippen LogP contribution >= 0.6 is 0 Å². The Morgan fingerprint density at radius 1 is 1.29 bits per heavy atom. The lowest BCUT2D eigenvalue weighted by Crippen LogP contribution is -2.53. The van der Waals surface area contributed by atoms with Crippen LogP contribution in [0.2, 0.25) is 0 Å². The molecule has 0 aromatic carbocycles. The molecule has 2 nitrogen and oxygen atoms in total. The summed E-state index contributed by atoms with van der Waals surface area (Å²) in [5.41, 5.74) is 1.36. The monoisotopic (exact) mass is 238 g/mol. The average molecular weight is 238 g/mol. The third-order valence-corrected chi connectivity index (χ3v) is 5.40. The minimum Gasteiger partial charge on any atom is -0.396 e. The Morgan fingerprint density at radius 2 is 1.94 bits per heavy atom. The first kappa shape index (κ1) is 13.1. The summed E-state index contributed by atoms with van der Waals surface area (Å²) >= 11 is 0. The Morgan fingerprint density at radius 3 is 2.53 bits per heavy atom. The summed E-state index contributed by atoms with van der Waals surface area (Å²) in [6.45, 7) is 11.1. The quantitative estimate of drug-likeness (QED) is 0.690. The zero-order chi connectivity index (χ0) is 12.8. The summed E-state index contributed by atoms with van der Waals surface area (Å²) in [4.78, 5) is 0. The van der Waals surface area contributed by atoms with Gasteiger partial charge >= 0.3 is 0 Å². The van der Waals surface area contributed by atoms with Crippen LogP contribution in [0.15, 0.2) is 12.2 Å². The molecule has 0 aromatic rings. The molecule has 2 heteroatoms. The van der Waals surface area contributed by atoms with E-state index in [4.69, 9.17) is 0 Å². The average Bonchev–Trinajstić information content (AvgIpc) is 2.13. The third kappa shape index (κ3) is 1.96. The van der Waals surface area contributed by atoms with E-state index in [0.29, 0.717) is 5.92 Å². The molecule has 2 saturated carbocycles. The standard InChI is InChI=1S/C15H26O2/c1-10-5-6-13-14(2,3)7-11(17)8-15(13,4)12(10)9-16/h11-13,16-17H,1,5-9H2,2-4H3/t11-,12-,13-,15+/m0/s1. The highest BCUT2D eigenvalue weighted by molar-refractivity contribution is 5.16. The van der Waals surface area contributed by atoms with Crippen molar-refractivity contribution in [3.8, 4) is 0 Å². The lowest BCUT2D eigenvalue weighted by molar-refractivity contribution is -0.112. The van der Waals surface area contributed by atoms with Crippen molar-refractivity contribution in [2.24, 2.45) is 22.7 Å². The van der Waals surface area contributed by atoms with E-state index in [1.54, 1.807) is 0 Å². The van der Waals surface area contributed by atoms with Crippen molar-refractivity contribution < 1.29 is 10.2 Å². The van der Waals surface area contributed by atoms with Gasteiger partial charge in [-0.25, -0.2) is 0 Å². The predicted molar refractivity (Wildman–Crippen MR) is 69.6 cm³/mol. The molecule has 0 saturated heterocycles. The van der Waals surface area contributed by atoms with E-state index in [1.807, 2.05) is 0 Å². The number of hydrogen-bond donors (Lipinski definition) is 2. The molecule has 2 aliphatic carbocycles. The minimum atomic E-state index is -0.230. The van der Waals surface area contributed by atoms with Gasteiger partial charge in [0.1, 0.15) is 0 Å². The maximum atomic E-state index is 10.1. The second-order valence-corrected chi connectivity index (χ2v) is 7.04. The highest BCUT2D eigenvalue weighted by atomic mass is 16.3. The molecule has 0 aliphatic heterocycles. The molecule has 2 aliphatic rings. The molecule has 0 unspecified atom stereocenters. The zero-order valence-corrected chi connectivity index (χ0v) is 11.4. The Kier molecular flexibility index (Phi) is 3.16. The molecule has 0 spiro atoms. The molecule has 2 rings (SSSR count). The maximum absolute atomic E-state index is 10.1. The van der Waals surface area contributed by atoms with Crippen molar-refractivity contribution >= 4 is 0 Å². The molecule has 4 atom stereocenters. The summed E-state index contributed by atoms with van der Waals surface area (Å²) < 4.78 is 0. The fourth-order valence-corrected chi connectivity index (χ4v) is 4.78. The first-order chi connectivity index (χ1) is 7.81. The van der Waals surface area contributed by atoms with Crippen LogP contribution < -0.4 is 0 Å². The molecular weight excluding hydrogens is 212 g/mol. The van der Waals surface area contributed by atoms with Gasteiger partial charge in [-0.2, -0.15) is 0 Å². The number of aliphatic hydroxyl groups excluding tert-OH is 2. The summed E-state index contributed by atoms with van der Waals surface area (Å²) in [6, 6.07) is 0. The molecular formula is C15H26O2. The van der Waals surface area contributed by atoms with Crippen LogP contribution in [0.4, 0.5) is 0 Å². The Hall–Kier alpha value is -0.340. The molecule has 0 aromatic heterocycles. The molecule has 0 radical (unpaired) electrons. The van der Waals surface area contributed by atoms with E-state index >= 15 is 0 Å². The summed E-state index contributed by atoms with van der Waals surface area (Å²) in [5, 5.41) is 19.8. The van der Waals surface area contributed by atoms with E-state index in [1.165, 1.54) is 5.57 Å². The lowest BCUT2D eigenvalue weighted by atomic mass is 9.47. The minimum absolute atomic E-state index is 0.0191. The summed E-state index contributed by atoms with van der Waals surface area (Å²) in [6.07, 6.45) is 3.66. The van der Waals surface area contributed by atoms with Crippen molar-refractivity contribution in [1.82, 2.24) is 0 Å². The van der Waals surface area contributed by atoms with Gasteiger partial charge < -0.3 is 10.2 Å². The molecule has 0 bridgehead atoms. The van der Waals surface area contributed by atoms with Gasteiger partial charge in [0, 0.05) is 5.92 Å². The Bertz CT molecular complexity index is 321. The van der Waals surface area contributed by atoms with Gasteiger partial charge in [0.2, 0.25) is 0 Å². The zero-order valence-electron chi connectivity index (χ0n) is 11.4. The van der Waals surface area contributed by atoms with Gasteiger partial charge in [-0.3, -0.25) is 0 Å². The van der Waals surface area contributed by atoms with Gasteiger partial charge in [-0.05, 0) is 42.4 Å². The maximum Gasteiger partial charge on any atom is 0.0551 e. The van der Waals surface area contributed by atoms with Gasteiger partial charge in [-0.1, -0.05) is 32.9 Å². The fraction of sp³-hybridized carbons (Fsp3) is 0.867. The van der Waals surface area contributed by atoms with Crippen molar-refractivity contribution in [2.45, 2.75) is 52.6 Å². The number of aliphatic hydroxyl groups is 2. The van der Waals surface area contributed by atoms with E-state index in [-0.39, 0.29) is 29.5 Å². The molecule has 98 valence electrons. The number of rotatable bonds is 1. The van der Waals surface area contributed by atoms with Crippen LogP contribution in [-0.2, 0) is 0 Å². The van der Waals surface area contributed by atoms with E-state index in [2.05, 4.69) is 27.4 Å². The number of hydrogen-bond acceptors (Lipinski definition) is 2. The van der Waals surface area contributed by atoms with Crippen molar-refractivity contribution in [1.29, 1.82) is 0 Å². The van der Waals surface area contributed by atoms with Gasteiger partial charge in [0.15, 0.2) is 0 Å². The molecule has 0 amide bonds. The first-order valence-corrected chi connectivity index (χ1v) is 6.78. The number of fused-ring (bicyclic) bond motifs is 1. The normalized spacial score (nSPS) is 45.5. The highest BCUT2D eigenvalue weighted by Gasteiger charge is 2.54. The van der Waals surface area contributed by atoms with Crippen LogP contribution in [0, 0.1) is 22.7 Å². The predicted octanol–water partition coefficient (Wildman–Crippen LogP) is 2.75. The van der Waals surface area contributed by atoms with Crippen LogP contribution in [0.25, 0.3) is 0 Å². The van der Waals surface area contributed by atoms with E-state index in [9.17, 15) is 10.2 Å². The van der Waals surface area contributed by atoms with Crippen LogP contribution in [0.3, 0.4) is 0 Å². The van der Waals surface area contributed by atoms with Gasteiger partial charge in [0.05, 0.1) is 12.7 Å². The largest absolute Gasteiger partial charge is 0.396 e. The smallest absolute Gasteiger partial charge is 0.0551 e. The van der Waals surface area contributed by atoms with Gasteiger partial charge in [0.25, 0.3) is 0 Å². The lowest BCUT2D eigenvalue weighted by Gasteiger charge is -2.58. The second-order valence-electron chi connectivity index (χ2n) is 7.04. The summed E-state index contributed by atoms with van der Waals surface area (Å²) in [5.74, 6) is 0.747. The van der Waals surface area contributed by atoms with Crippen molar-refractivity contribution in [2.75, 3.05) is 6.61 Å². The molecule has 2 N–H and O–H groups in total. The van der Waals surface area contributed by atoms with Crippen LogP contribution in [0.5, 0.6) is 0 Å². The van der Waals surface area contributed by atoms with Crippen LogP contribution in [0.1, 0.15) is 46.5 Å². The third-order valence-electron chi connectivity index (χ3n) is 5.40. The summed E-state index contributed by atoms with van der Waals surface area (Å²) in [7, 11) is 0. The topological polar surface area (TPSA) is 40.5 Å². The van der Waals surface area contributed by atoms with Crippen molar-refractivity contribution in [3.05, 3.63) is 12.2 Å². The SMILES string of the molecule is C=C1CC[C@H]2C(C)(C)C[C@H](O)C[C@]2(C)[C@H]1CO. The molecule has 17 heavy (non-hydrogen) atoms. The van der Waals surface area contributed by atoms with E-state index < -0.39 is 0 Å². The van der Waals surface area contributed by atoms with Gasteiger partial charge in [-0.15, -0.1) is 0 Å². The fourth-order valence-electron chi connectivity index (χ4n) is 4.78. The molecule has 0 heterocycles.